The van der Waals surface area contributed by atoms with Gasteiger partial charge in [0.1, 0.15) is 5.82 Å². The SMILES string of the molecule is CCc1nc(N2CCC(Cc3ccc(F)c(OCC4CC4)c3)C2=O)ccc1-c1cn[nH]c1. The number of carbonyl (C=O) groups is 1. The molecule has 6 nitrogen and oxygen atoms in total. The second kappa shape index (κ2) is 8.73. The first-order valence-corrected chi connectivity index (χ1v) is 11.3. The Morgan fingerprint density at radius 3 is 2.84 bits per heavy atom. The summed E-state index contributed by atoms with van der Waals surface area (Å²) >= 11 is 0. The fraction of sp³-hybridized carbons (Fsp3) is 0.400. The maximum absolute atomic E-state index is 14.1. The number of benzene rings is 1. The van der Waals surface area contributed by atoms with E-state index in [9.17, 15) is 9.18 Å². The molecular weight excluding hydrogens is 407 g/mol. The van der Waals surface area contributed by atoms with E-state index in [-0.39, 0.29) is 17.6 Å². The third kappa shape index (κ3) is 4.24. The van der Waals surface area contributed by atoms with Crippen molar-refractivity contribution in [1.82, 2.24) is 15.2 Å². The van der Waals surface area contributed by atoms with Gasteiger partial charge in [-0.05, 0) is 67.9 Å². The van der Waals surface area contributed by atoms with Crippen molar-refractivity contribution >= 4 is 11.7 Å². The number of nitrogens with zero attached hydrogens (tertiary/aromatic N) is 3. The Bertz CT molecular complexity index is 1110. The van der Waals surface area contributed by atoms with Gasteiger partial charge in [0.15, 0.2) is 11.6 Å². The number of pyridine rings is 1. The summed E-state index contributed by atoms with van der Waals surface area (Å²) in [6.07, 6.45) is 8.02. The highest BCUT2D eigenvalue weighted by Gasteiger charge is 2.33. The Morgan fingerprint density at radius 1 is 1.22 bits per heavy atom. The Kier molecular flexibility index (Phi) is 5.64. The maximum Gasteiger partial charge on any atom is 0.231 e. The van der Waals surface area contributed by atoms with Gasteiger partial charge < -0.3 is 4.74 Å². The molecule has 1 saturated carbocycles. The maximum atomic E-state index is 14.1. The minimum absolute atomic E-state index is 0.0698. The molecule has 1 unspecified atom stereocenters. The van der Waals surface area contributed by atoms with Crippen LogP contribution in [0.5, 0.6) is 5.75 Å². The third-order valence-electron chi connectivity index (χ3n) is 6.35. The number of H-pyrrole nitrogens is 1. The van der Waals surface area contributed by atoms with Gasteiger partial charge in [-0.1, -0.05) is 13.0 Å². The van der Waals surface area contributed by atoms with Crippen LogP contribution in [0.25, 0.3) is 11.1 Å². The van der Waals surface area contributed by atoms with Gasteiger partial charge in [-0.2, -0.15) is 5.10 Å². The molecule has 166 valence electrons. The highest BCUT2D eigenvalue weighted by atomic mass is 19.1. The fourth-order valence-corrected chi connectivity index (χ4v) is 4.29. The summed E-state index contributed by atoms with van der Waals surface area (Å²) in [5, 5.41) is 6.86. The van der Waals surface area contributed by atoms with E-state index in [1.165, 1.54) is 6.07 Å². The molecule has 1 aromatic carbocycles. The molecular formula is C25H27FN4O2. The van der Waals surface area contributed by atoms with Crippen LogP contribution in [-0.4, -0.2) is 34.2 Å². The van der Waals surface area contributed by atoms with Crippen LogP contribution in [-0.2, 0) is 17.6 Å². The molecule has 32 heavy (non-hydrogen) atoms. The van der Waals surface area contributed by atoms with Crippen LogP contribution >= 0.6 is 0 Å². The second-order valence-electron chi connectivity index (χ2n) is 8.70. The molecule has 1 atom stereocenters. The number of rotatable bonds is 8. The molecule has 2 fully saturated rings. The predicted octanol–water partition coefficient (Wildman–Crippen LogP) is 4.56. The average Bonchev–Trinajstić information content (AvgIpc) is 3.34. The number of ether oxygens (including phenoxy) is 1. The highest BCUT2D eigenvalue weighted by molar-refractivity contribution is 5.96. The standard InChI is InChI=1S/C25H27FN4O2/c1-2-22-20(19-13-27-28-14-19)6-8-24(29-22)30-10-9-18(25(30)31)11-17-5-7-21(26)23(12-17)32-15-16-3-4-16/h5-8,12-14,16,18H,2-4,9-11,15H2,1H3,(H,27,28). The molecule has 3 heterocycles. The number of hydrogen-bond donors (Lipinski definition) is 1. The summed E-state index contributed by atoms with van der Waals surface area (Å²) in [6.45, 7) is 3.26. The van der Waals surface area contributed by atoms with Crippen LogP contribution in [0.4, 0.5) is 10.2 Å². The van der Waals surface area contributed by atoms with Crippen LogP contribution in [0.3, 0.4) is 0 Å². The number of aromatic nitrogens is 3. The van der Waals surface area contributed by atoms with E-state index >= 15 is 0 Å². The Hall–Kier alpha value is -3.22. The van der Waals surface area contributed by atoms with Crippen molar-refractivity contribution in [2.24, 2.45) is 11.8 Å². The molecule has 2 aliphatic rings. The summed E-state index contributed by atoms with van der Waals surface area (Å²) < 4.78 is 19.8. The van der Waals surface area contributed by atoms with Crippen molar-refractivity contribution in [2.75, 3.05) is 18.1 Å². The molecule has 3 aromatic rings. The van der Waals surface area contributed by atoms with E-state index in [0.29, 0.717) is 37.1 Å². The first-order chi connectivity index (χ1) is 15.6. The van der Waals surface area contributed by atoms with Crippen LogP contribution in [0, 0.1) is 17.7 Å². The number of halogens is 1. The van der Waals surface area contributed by atoms with E-state index in [1.54, 1.807) is 23.2 Å². The lowest BCUT2D eigenvalue weighted by atomic mass is 9.98. The first kappa shape index (κ1) is 20.7. The number of anilines is 1. The molecule has 7 heteroatoms. The predicted molar refractivity (Wildman–Crippen MR) is 120 cm³/mol. The lowest BCUT2D eigenvalue weighted by molar-refractivity contribution is -0.120. The van der Waals surface area contributed by atoms with Crippen molar-refractivity contribution in [3.05, 3.63) is 59.8 Å². The Morgan fingerprint density at radius 2 is 2.09 bits per heavy atom. The Labute approximate surface area is 186 Å². The average molecular weight is 435 g/mol. The number of aryl methyl sites for hydroxylation is 1. The van der Waals surface area contributed by atoms with Crippen LogP contribution in [0.1, 0.15) is 37.4 Å². The number of carbonyl (C=O) groups excluding carboxylic acids is 1. The molecule has 0 bridgehead atoms. The normalized spacial score (nSPS) is 18.4. The molecule has 0 radical (unpaired) electrons. The number of amides is 1. The van der Waals surface area contributed by atoms with Crippen molar-refractivity contribution in [1.29, 1.82) is 0 Å². The van der Waals surface area contributed by atoms with Crippen LogP contribution < -0.4 is 9.64 Å². The van der Waals surface area contributed by atoms with Gasteiger partial charge in [0, 0.05) is 29.8 Å². The third-order valence-corrected chi connectivity index (χ3v) is 6.35. The lowest BCUT2D eigenvalue weighted by Crippen LogP contribution is -2.28. The fourth-order valence-electron chi connectivity index (χ4n) is 4.29. The van der Waals surface area contributed by atoms with Gasteiger partial charge >= 0.3 is 0 Å². The summed E-state index contributed by atoms with van der Waals surface area (Å²) in [4.78, 5) is 19.7. The largest absolute Gasteiger partial charge is 0.490 e. The van der Waals surface area contributed by atoms with Crippen LogP contribution in [0.2, 0.25) is 0 Å². The van der Waals surface area contributed by atoms with E-state index < -0.39 is 0 Å². The Balaban J connectivity index is 1.29. The summed E-state index contributed by atoms with van der Waals surface area (Å²) in [7, 11) is 0. The molecule has 5 rings (SSSR count). The lowest BCUT2D eigenvalue weighted by Gasteiger charge is -2.18. The summed E-state index contributed by atoms with van der Waals surface area (Å²) in [5.74, 6) is 1.12. The van der Waals surface area contributed by atoms with Crippen molar-refractivity contribution in [3.63, 3.8) is 0 Å². The highest BCUT2D eigenvalue weighted by Crippen LogP contribution is 2.32. The molecule has 0 spiro atoms. The molecule has 2 aromatic heterocycles. The zero-order chi connectivity index (χ0) is 22.1. The monoisotopic (exact) mass is 434 g/mol. The zero-order valence-corrected chi connectivity index (χ0v) is 18.2. The van der Waals surface area contributed by atoms with Gasteiger partial charge in [-0.15, -0.1) is 0 Å². The molecule has 1 amide bonds. The van der Waals surface area contributed by atoms with Gasteiger partial charge in [0.05, 0.1) is 18.5 Å². The van der Waals surface area contributed by atoms with Gasteiger partial charge in [0.2, 0.25) is 5.91 Å². The van der Waals surface area contributed by atoms with Gasteiger partial charge in [0.25, 0.3) is 0 Å². The second-order valence-corrected chi connectivity index (χ2v) is 8.70. The molecule has 1 aliphatic heterocycles. The minimum Gasteiger partial charge on any atom is -0.490 e. The summed E-state index contributed by atoms with van der Waals surface area (Å²) in [6, 6.07) is 8.86. The van der Waals surface area contributed by atoms with E-state index in [2.05, 4.69) is 17.1 Å². The van der Waals surface area contributed by atoms with Crippen molar-refractivity contribution in [3.8, 4) is 16.9 Å². The smallest absolute Gasteiger partial charge is 0.231 e. The van der Waals surface area contributed by atoms with Crippen molar-refractivity contribution < 1.29 is 13.9 Å². The van der Waals surface area contributed by atoms with Crippen LogP contribution in [0.15, 0.2) is 42.7 Å². The van der Waals surface area contributed by atoms with Gasteiger partial charge in [-0.25, -0.2) is 9.37 Å². The quantitative estimate of drug-likeness (QED) is 0.564. The molecule has 1 N–H and O–H groups in total. The summed E-state index contributed by atoms with van der Waals surface area (Å²) in [5.41, 5.74) is 3.88. The van der Waals surface area contributed by atoms with Gasteiger partial charge in [-0.3, -0.25) is 14.8 Å². The molecule has 1 aliphatic carbocycles. The van der Waals surface area contributed by atoms with E-state index in [4.69, 9.17) is 9.72 Å². The number of hydrogen-bond acceptors (Lipinski definition) is 4. The molecule has 1 saturated heterocycles. The minimum atomic E-state index is -0.345. The first-order valence-electron chi connectivity index (χ1n) is 11.3. The zero-order valence-electron chi connectivity index (χ0n) is 18.2. The van der Waals surface area contributed by atoms with E-state index in [1.807, 2.05) is 18.3 Å². The number of nitrogens with one attached hydrogen (secondary N) is 1. The van der Waals surface area contributed by atoms with E-state index in [0.717, 1.165) is 48.1 Å². The van der Waals surface area contributed by atoms with Crippen molar-refractivity contribution in [2.45, 2.75) is 39.0 Å². The topological polar surface area (TPSA) is 71.1 Å². The number of aromatic amines is 1.